The average molecular weight is 263 g/mol. The first kappa shape index (κ1) is 12.6. The predicted octanol–water partition coefficient (Wildman–Crippen LogP) is 2.34. The van der Waals surface area contributed by atoms with Gasteiger partial charge in [0.2, 0.25) is 11.8 Å². The molecule has 1 aromatic rings. The summed E-state index contributed by atoms with van der Waals surface area (Å²) in [6, 6.07) is 0. The zero-order valence-electron chi connectivity index (χ0n) is 11.8. The van der Waals surface area contributed by atoms with Gasteiger partial charge in [-0.1, -0.05) is 11.6 Å². The van der Waals surface area contributed by atoms with Crippen LogP contribution >= 0.6 is 0 Å². The molecule has 2 saturated carbocycles. The molecular formula is C14H21N3O2. The number of hydrogen-bond acceptors (Lipinski definition) is 4. The first-order valence-electron chi connectivity index (χ1n) is 7.08. The average Bonchev–Trinajstić information content (AvgIpc) is 3.03. The van der Waals surface area contributed by atoms with Crippen molar-refractivity contribution in [1.82, 2.24) is 15.5 Å². The lowest BCUT2D eigenvalue weighted by Gasteiger charge is -2.21. The van der Waals surface area contributed by atoms with E-state index < -0.39 is 5.54 Å². The second-order valence-corrected chi connectivity index (χ2v) is 6.54. The van der Waals surface area contributed by atoms with Crippen molar-refractivity contribution in [2.24, 2.45) is 11.8 Å². The van der Waals surface area contributed by atoms with Crippen molar-refractivity contribution in [3.8, 4) is 0 Å². The number of hydrogen-bond donors (Lipinski definition) is 1. The van der Waals surface area contributed by atoms with Crippen LogP contribution in [0.5, 0.6) is 0 Å². The van der Waals surface area contributed by atoms with E-state index in [4.69, 9.17) is 4.52 Å². The van der Waals surface area contributed by atoms with Crippen LogP contribution in [0.25, 0.3) is 0 Å². The van der Waals surface area contributed by atoms with Gasteiger partial charge in [0.25, 0.3) is 0 Å². The summed E-state index contributed by atoms with van der Waals surface area (Å²) >= 11 is 0. The van der Waals surface area contributed by atoms with Crippen LogP contribution in [-0.4, -0.2) is 16.0 Å². The highest BCUT2D eigenvalue weighted by Crippen LogP contribution is 2.52. The maximum absolute atomic E-state index is 11.2. The number of carbonyl (C=O) groups excluding carboxylic acids is 1. The fourth-order valence-corrected chi connectivity index (χ4v) is 3.68. The van der Waals surface area contributed by atoms with Gasteiger partial charge in [0, 0.05) is 12.8 Å². The predicted molar refractivity (Wildman–Crippen MR) is 69.3 cm³/mol. The molecule has 1 amide bonds. The Morgan fingerprint density at radius 3 is 2.74 bits per heavy atom. The Labute approximate surface area is 113 Å². The van der Waals surface area contributed by atoms with Crippen LogP contribution < -0.4 is 5.32 Å². The molecule has 1 aromatic heterocycles. The summed E-state index contributed by atoms with van der Waals surface area (Å²) in [5.74, 6) is 3.27. The molecular weight excluding hydrogens is 242 g/mol. The highest BCUT2D eigenvalue weighted by molar-refractivity contribution is 5.73. The van der Waals surface area contributed by atoms with Gasteiger partial charge < -0.3 is 9.84 Å². The SMILES string of the molecule is CC(=O)NC(C)(C)c1noc(C2CC3CCC2C3)n1. The van der Waals surface area contributed by atoms with Gasteiger partial charge in [0.1, 0.15) is 0 Å². The maximum Gasteiger partial charge on any atom is 0.230 e. The normalized spacial score (nSPS) is 29.7. The smallest absolute Gasteiger partial charge is 0.230 e. The van der Waals surface area contributed by atoms with Gasteiger partial charge in [0.05, 0.1) is 5.54 Å². The summed E-state index contributed by atoms with van der Waals surface area (Å²) < 4.78 is 5.46. The molecule has 0 radical (unpaired) electrons. The number of amides is 1. The summed E-state index contributed by atoms with van der Waals surface area (Å²) in [7, 11) is 0. The third kappa shape index (κ3) is 2.26. The largest absolute Gasteiger partial charge is 0.344 e. The third-order valence-corrected chi connectivity index (χ3v) is 4.54. The van der Waals surface area contributed by atoms with Gasteiger partial charge in [-0.2, -0.15) is 4.98 Å². The molecule has 1 N–H and O–H groups in total. The summed E-state index contributed by atoms with van der Waals surface area (Å²) in [6.45, 7) is 5.28. The quantitative estimate of drug-likeness (QED) is 0.909. The minimum absolute atomic E-state index is 0.0868. The van der Waals surface area contributed by atoms with Crippen molar-refractivity contribution in [3.63, 3.8) is 0 Å². The van der Waals surface area contributed by atoms with Crippen molar-refractivity contribution >= 4 is 5.91 Å². The van der Waals surface area contributed by atoms with E-state index in [1.807, 2.05) is 13.8 Å². The molecule has 19 heavy (non-hydrogen) atoms. The standard InChI is InChI=1S/C14H21N3O2/c1-8(18)16-14(2,3)13-15-12(19-17-13)11-7-9-4-5-10(11)6-9/h9-11H,4-7H2,1-3H3,(H,16,18). The van der Waals surface area contributed by atoms with E-state index in [2.05, 4.69) is 15.5 Å². The topological polar surface area (TPSA) is 68.0 Å². The molecule has 0 spiro atoms. The van der Waals surface area contributed by atoms with Gasteiger partial charge in [0.15, 0.2) is 5.82 Å². The number of fused-ring (bicyclic) bond motifs is 2. The molecule has 3 atom stereocenters. The van der Waals surface area contributed by atoms with E-state index in [9.17, 15) is 4.79 Å². The second-order valence-electron chi connectivity index (χ2n) is 6.54. The number of rotatable bonds is 3. The van der Waals surface area contributed by atoms with E-state index >= 15 is 0 Å². The van der Waals surface area contributed by atoms with Crippen LogP contribution in [0, 0.1) is 11.8 Å². The van der Waals surface area contributed by atoms with E-state index in [0.29, 0.717) is 11.7 Å². The second kappa shape index (κ2) is 4.32. The molecule has 0 saturated heterocycles. The van der Waals surface area contributed by atoms with E-state index in [1.165, 1.54) is 32.6 Å². The molecule has 3 unspecified atom stereocenters. The Bertz CT molecular complexity index is 495. The molecule has 104 valence electrons. The number of nitrogens with one attached hydrogen (secondary N) is 1. The third-order valence-electron chi connectivity index (χ3n) is 4.54. The molecule has 5 heteroatoms. The van der Waals surface area contributed by atoms with E-state index in [-0.39, 0.29) is 5.91 Å². The van der Waals surface area contributed by atoms with Gasteiger partial charge >= 0.3 is 0 Å². The Morgan fingerprint density at radius 1 is 1.37 bits per heavy atom. The number of nitrogens with zero attached hydrogens (tertiary/aromatic N) is 2. The molecule has 1 heterocycles. The molecule has 2 aliphatic rings. The molecule has 0 aliphatic heterocycles. The highest BCUT2D eigenvalue weighted by Gasteiger charge is 2.43. The highest BCUT2D eigenvalue weighted by atomic mass is 16.5. The summed E-state index contributed by atoms with van der Waals surface area (Å²) in [4.78, 5) is 15.7. The summed E-state index contributed by atoms with van der Waals surface area (Å²) in [6.07, 6.45) is 5.16. The van der Waals surface area contributed by atoms with Crippen molar-refractivity contribution in [1.29, 1.82) is 0 Å². The zero-order valence-corrected chi connectivity index (χ0v) is 11.8. The van der Waals surface area contributed by atoms with Gasteiger partial charge in [-0.15, -0.1) is 0 Å². The molecule has 0 aromatic carbocycles. The van der Waals surface area contributed by atoms with Crippen LogP contribution in [0.4, 0.5) is 0 Å². The summed E-state index contributed by atoms with van der Waals surface area (Å²) in [5.41, 5.74) is -0.578. The lowest BCUT2D eigenvalue weighted by Crippen LogP contribution is -2.40. The zero-order chi connectivity index (χ0) is 13.6. The fourth-order valence-electron chi connectivity index (χ4n) is 3.68. The van der Waals surface area contributed by atoms with E-state index in [0.717, 1.165) is 17.7 Å². The minimum Gasteiger partial charge on any atom is -0.344 e. The Kier molecular flexibility index (Phi) is 2.87. The molecule has 3 rings (SSSR count). The van der Waals surface area contributed by atoms with Crippen molar-refractivity contribution < 1.29 is 9.32 Å². The van der Waals surface area contributed by atoms with E-state index in [1.54, 1.807) is 0 Å². The van der Waals surface area contributed by atoms with Gasteiger partial charge in [-0.25, -0.2) is 0 Å². The van der Waals surface area contributed by atoms with Crippen LogP contribution in [-0.2, 0) is 10.3 Å². The van der Waals surface area contributed by atoms with Crippen LogP contribution in [0.1, 0.15) is 64.1 Å². The van der Waals surface area contributed by atoms with Crippen LogP contribution in [0.3, 0.4) is 0 Å². The first-order valence-corrected chi connectivity index (χ1v) is 7.08. The van der Waals surface area contributed by atoms with Crippen LogP contribution in [0.15, 0.2) is 4.52 Å². The molecule has 5 nitrogen and oxygen atoms in total. The monoisotopic (exact) mass is 263 g/mol. The number of aromatic nitrogens is 2. The van der Waals surface area contributed by atoms with Crippen molar-refractivity contribution in [2.45, 2.75) is 57.9 Å². The van der Waals surface area contributed by atoms with Crippen molar-refractivity contribution in [3.05, 3.63) is 11.7 Å². The first-order chi connectivity index (χ1) is 8.95. The van der Waals surface area contributed by atoms with Crippen molar-refractivity contribution in [2.75, 3.05) is 0 Å². The minimum atomic E-state index is -0.578. The Hall–Kier alpha value is -1.39. The fraction of sp³-hybridized carbons (Fsp3) is 0.786. The Balaban J connectivity index is 1.78. The summed E-state index contributed by atoms with van der Waals surface area (Å²) in [5, 5.41) is 6.92. The molecule has 2 bridgehead atoms. The Morgan fingerprint density at radius 2 is 2.16 bits per heavy atom. The lowest BCUT2D eigenvalue weighted by atomic mass is 9.89. The molecule has 2 fully saturated rings. The lowest BCUT2D eigenvalue weighted by molar-refractivity contribution is -0.120. The molecule has 2 aliphatic carbocycles. The van der Waals surface area contributed by atoms with Gasteiger partial charge in [-0.3, -0.25) is 4.79 Å². The number of carbonyl (C=O) groups is 1. The van der Waals surface area contributed by atoms with Crippen LogP contribution in [0.2, 0.25) is 0 Å². The maximum atomic E-state index is 11.2. The van der Waals surface area contributed by atoms with Gasteiger partial charge in [-0.05, 0) is 44.9 Å².